The van der Waals surface area contributed by atoms with Crippen molar-refractivity contribution in [3.63, 3.8) is 0 Å². The van der Waals surface area contributed by atoms with E-state index in [2.05, 4.69) is 15.6 Å². The number of hydrogen-bond acceptors (Lipinski definition) is 4. The van der Waals surface area contributed by atoms with Crippen LogP contribution in [0.2, 0.25) is 0 Å². The van der Waals surface area contributed by atoms with Gasteiger partial charge in [0.05, 0.1) is 11.6 Å². The van der Waals surface area contributed by atoms with Crippen LogP contribution in [0.25, 0.3) is 0 Å². The zero-order valence-corrected chi connectivity index (χ0v) is 16.9. The van der Waals surface area contributed by atoms with E-state index >= 15 is 0 Å². The molecule has 2 aromatic rings. The normalized spacial score (nSPS) is 19.6. The predicted molar refractivity (Wildman–Crippen MR) is 112 cm³/mol. The average molecular weight is 398 g/mol. The van der Waals surface area contributed by atoms with E-state index in [1.807, 2.05) is 18.2 Å². The Hall–Kier alpha value is -2.21. The molecule has 148 valence electrons. The van der Waals surface area contributed by atoms with E-state index in [1.54, 1.807) is 12.1 Å². The maximum Gasteiger partial charge on any atom is 0.257 e. The lowest BCUT2D eigenvalue weighted by Crippen LogP contribution is -2.35. The first-order chi connectivity index (χ1) is 13.7. The molecule has 1 fully saturated rings. The lowest BCUT2D eigenvalue weighted by atomic mass is 9.88. The summed E-state index contributed by atoms with van der Waals surface area (Å²) in [6, 6.07) is 9.13. The molecule has 1 atom stereocenters. The van der Waals surface area contributed by atoms with Gasteiger partial charge in [-0.15, -0.1) is 11.3 Å². The second-order valence-electron chi connectivity index (χ2n) is 7.84. The van der Waals surface area contributed by atoms with Gasteiger partial charge in [-0.2, -0.15) is 0 Å². The van der Waals surface area contributed by atoms with E-state index in [0.29, 0.717) is 16.6 Å². The van der Waals surface area contributed by atoms with Crippen LogP contribution in [-0.4, -0.2) is 23.3 Å². The molecular weight excluding hydrogens is 370 g/mol. The highest BCUT2D eigenvalue weighted by Crippen LogP contribution is 2.37. The fraction of sp³-hybridized carbons (Fsp3) is 0.500. The first-order valence-electron chi connectivity index (χ1n) is 10.3. The lowest BCUT2D eigenvalue weighted by molar-refractivity contribution is -0.123. The van der Waals surface area contributed by atoms with Crippen LogP contribution in [0.15, 0.2) is 30.3 Å². The summed E-state index contributed by atoms with van der Waals surface area (Å²) in [6.07, 6.45) is 9.09. The maximum atomic E-state index is 12.8. The monoisotopic (exact) mass is 397 g/mol. The number of nitrogens with one attached hydrogen (secondary N) is 2. The zero-order chi connectivity index (χ0) is 19.3. The summed E-state index contributed by atoms with van der Waals surface area (Å²) in [5.74, 6) is 0.366. The van der Waals surface area contributed by atoms with Crippen molar-refractivity contribution in [1.82, 2.24) is 10.3 Å². The highest BCUT2D eigenvalue weighted by molar-refractivity contribution is 7.15. The van der Waals surface area contributed by atoms with Crippen molar-refractivity contribution in [3.8, 4) is 0 Å². The van der Waals surface area contributed by atoms with Crippen LogP contribution in [0, 0.1) is 5.92 Å². The Morgan fingerprint density at radius 2 is 1.82 bits per heavy atom. The summed E-state index contributed by atoms with van der Waals surface area (Å²) >= 11 is 1.50. The number of nitrogens with zero attached hydrogens (tertiary/aromatic N) is 1. The molecule has 1 unspecified atom stereocenters. The summed E-state index contributed by atoms with van der Waals surface area (Å²) in [7, 11) is 0. The summed E-state index contributed by atoms with van der Waals surface area (Å²) in [6.45, 7) is 0.784. The highest BCUT2D eigenvalue weighted by atomic mass is 32.1. The Labute approximate surface area is 170 Å². The van der Waals surface area contributed by atoms with Gasteiger partial charge in [-0.1, -0.05) is 37.5 Å². The molecule has 4 rings (SSSR count). The molecule has 2 amide bonds. The number of carbonyl (C=O) groups excluding carboxylic acids is 2. The van der Waals surface area contributed by atoms with E-state index in [0.717, 1.165) is 36.4 Å². The van der Waals surface area contributed by atoms with E-state index < -0.39 is 0 Å². The number of rotatable bonds is 5. The smallest absolute Gasteiger partial charge is 0.257 e. The lowest BCUT2D eigenvalue weighted by Gasteiger charge is -2.24. The van der Waals surface area contributed by atoms with Crippen LogP contribution >= 0.6 is 11.3 Å². The zero-order valence-electron chi connectivity index (χ0n) is 16.1. The minimum atomic E-state index is -0.189. The SMILES string of the molecule is O=C(Nc1nc2c(s1)CCCC2C(=O)NCC1CCCCC1)c1ccccc1. The predicted octanol–water partition coefficient (Wildman–Crippen LogP) is 4.51. The third kappa shape index (κ3) is 4.43. The number of hydrogen-bond donors (Lipinski definition) is 2. The molecule has 1 aromatic heterocycles. The number of aryl methyl sites for hydroxylation is 1. The third-order valence-electron chi connectivity index (χ3n) is 5.82. The number of thiazole rings is 1. The van der Waals surface area contributed by atoms with Crippen LogP contribution in [0.3, 0.4) is 0 Å². The van der Waals surface area contributed by atoms with Gasteiger partial charge in [-0.25, -0.2) is 4.98 Å². The molecule has 0 spiro atoms. The number of carbonyl (C=O) groups is 2. The van der Waals surface area contributed by atoms with Gasteiger partial charge < -0.3 is 5.32 Å². The van der Waals surface area contributed by atoms with Crippen molar-refractivity contribution in [2.24, 2.45) is 5.92 Å². The highest BCUT2D eigenvalue weighted by Gasteiger charge is 2.31. The Morgan fingerprint density at radius 3 is 2.61 bits per heavy atom. The average Bonchev–Trinajstić information content (AvgIpc) is 3.15. The fourth-order valence-electron chi connectivity index (χ4n) is 4.25. The van der Waals surface area contributed by atoms with Crippen molar-refractivity contribution in [2.75, 3.05) is 11.9 Å². The van der Waals surface area contributed by atoms with Crippen LogP contribution < -0.4 is 10.6 Å². The van der Waals surface area contributed by atoms with Crippen molar-refractivity contribution in [3.05, 3.63) is 46.5 Å². The van der Waals surface area contributed by atoms with Gasteiger partial charge in [-0.3, -0.25) is 14.9 Å². The topological polar surface area (TPSA) is 71.1 Å². The summed E-state index contributed by atoms with van der Waals surface area (Å²) < 4.78 is 0. The Balaban J connectivity index is 1.41. The largest absolute Gasteiger partial charge is 0.355 e. The fourth-order valence-corrected chi connectivity index (χ4v) is 5.31. The molecule has 2 N–H and O–H groups in total. The van der Waals surface area contributed by atoms with Gasteiger partial charge in [0.15, 0.2) is 5.13 Å². The van der Waals surface area contributed by atoms with E-state index in [1.165, 1.54) is 43.4 Å². The van der Waals surface area contributed by atoms with Crippen molar-refractivity contribution in [2.45, 2.75) is 57.3 Å². The number of fused-ring (bicyclic) bond motifs is 1. The molecule has 0 saturated heterocycles. The minimum Gasteiger partial charge on any atom is -0.355 e. The minimum absolute atomic E-state index is 0.0951. The Bertz CT molecular complexity index is 828. The van der Waals surface area contributed by atoms with Crippen LogP contribution in [0.4, 0.5) is 5.13 Å². The third-order valence-corrected chi connectivity index (χ3v) is 6.86. The maximum absolute atomic E-state index is 12.8. The standard InChI is InChI=1S/C22H27N3O2S/c26-20(16-10-5-2-6-11-16)25-22-24-19-17(12-7-13-18(19)28-22)21(27)23-14-15-8-3-1-4-9-15/h2,5-6,10-11,15,17H,1,3-4,7-9,12-14H2,(H,23,27)(H,24,25,26). The second kappa shape index (κ2) is 8.86. The van der Waals surface area contributed by atoms with Crippen LogP contribution in [0.5, 0.6) is 0 Å². The van der Waals surface area contributed by atoms with Crippen molar-refractivity contribution >= 4 is 28.3 Å². The molecule has 1 saturated carbocycles. The molecule has 1 heterocycles. The molecular formula is C22H27N3O2S. The van der Waals surface area contributed by atoms with Gasteiger partial charge in [-0.05, 0) is 50.2 Å². The number of aromatic nitrogens is 1. The Morgan fingerprint density at radius 1 is 1.04 bits per heavy atom. The first kappa shape index (κ1) is 19.1. The van der Waals surface area contributed by atoms with Gasteiger partial charge >= 0.3 is 0 Å². The van der Waals surface area contributed by atoms with Gasteiger partial charge in [0.1, 0.15) is 0 Å². The van der Waals surface area contributed by atoms with Crippen LogP contribution in [-0.2, 0) is 11.2 Å². The quantitative estimate of drug-likeness (QED) is 0.780. The molecule has 0 bridgehead atoms. The summed E-state index contributed by atoms with van der Waals surface area (Å²) in [4.78, 5) is 31.0. The van der Waals surface area contributed by atoms with E-state index in [-0.39, 0.29) is 17.7 Å². The van der Waals surface area contributed by atoms with Crippen molar-refractivity contribution in [1.29, 1.82) is 0 Å². The van der Waals surface area contributed by atoms with E-state index in [9.17, 15) is 9.59 Å². The summed E-state index contributed by atoms with van der Waals surface area (Å²) in [5, 5.41) is 6.66. The molecule has 2 aliphatic rings. The second-order valence-corrected chi connectivity index (χ2v) is 8.93. The number of benzene rings is 1. The summed E-state index contributed by atoms with van der Waals surface area (Å²) in [5.41, 5.74) is 1.47. The molecule has 0 radical (unpaired) electrons. The van der Waals surface area contributed by atoms with Gasteiger partial charge in [0.2, 0.25) is 5.91 Å². The number of anilines is 1. The molecule has 6 heteroatoms. The van der Waals surface area contributed by atoms with Gasteiger partial charge in [0.25, 0.3) is 5.91 Å². The Kier molecular flexibility index (Phi) is 6.05. The number of amides is 2. The molecule has 0 aliphatic heterocycles. The van der Waals surface area contributed by atoms with E-state index in [4.69, 9.17) is 0 Å². The molecule has 2 aliphatic carbocycles. The molecule has 5 nitrogen and oxygen atoms in total. The molecule has 28 heavy (non-hydrogen) atoms. The first-order valence-corrected chi connectivity index (χ1v) is 11.2. The van der Waals surface area contributed by atoms with Crippen LogP contribution in [0.1, 0.15) is 71.8 Å². The van der Waals surface area contributed by atoms with Gasteiger partial charge in [0, 0.05) is 17.0 Å². The molecule has 1 aromatic carbocycles. The van der Waals surface area contributed by atoms with Crippen molar-refractivity contribution < 1.29 is 9.59 Å².